The maximum Gasteiger partial charge on any atom is 0.150 e. The summed E-state index contributed by atoms with van der Waals surface area (Å²) in [6.07, 6.45) is 3.43. The number of nitrogens with zero attached hydrogens (tertiary/aromatic N) is 5. The lowest BCUT2D eigenvalue weighted by molar-refractivity contribution is 0.148. The zero-order chi connectivity index (χ0) is 22.1. The highest BCUT2D eigenvalue weighted by Gasteiger charge is 2.19. The van der Waals surface area contributed by atoms with Crippen molar-refractivity contribution in [3.63, 3.8) is 0 Å². The van der Waals surface area contributed by atoms with Gasteiger partial charge >= 0.3 is 0 Å². The van der Waals surface area contributed by atoms with Crippen LogP contribution >= 0.6 is 0 Å². The van der Waals surface area contributed by atoms with E-state index >= 15 is 0 Å². The molecular weight excluding hydrogens is 400 g/mol. The average Bonchev–Trinajstić information content (AvgIpc) is 3.29. The Morgan fingerprint density at radius 3 is 2.47 bits per heavy atom. The number of rotatable bonds is 5. The molecule has 0 spiro atoms. The van der Waals surface area contributed by atoms with Gasteiger partial charge in [0.1, 0.15) is 17.7 Å². The van der Waals surface area contributed by atoms with Crippen molar-refractivity contribution in [1.82, 2.24) is 24.8 Å². The smallest absolute Gasteiger partial charge is 0.150 e. The van der Waals surface area contributed by atoms with Gasteiger partial charge in [-0.05, 0) is 49.4 Å². The number of aromatic amines is 1. The zero-order valence-electron chi connectivity index (χ0n) is 18.5. The molecule has 1 fully saturated rings. The largest absolute Gasteiger partial charge is 0.508 e. The van der Waals surface area contributed by atoms with E-state index in [2.05, 4.69) is 61.0 Å². The van der Waals surface area contributed by atoms with E-state index in [1.165, 1.54) is 5.56 Å². The van der Waals surface area contributed by atoms with Crippen LogP contribution in [-0.4, -0.2) is 63.1 Å². The Hall–Kier alpha value is -3.42. The van der Waals surface area contributed by atoms with E-state index in [0.29, 0.717) is 0 Å². The number of hydrogen-bond acceptors (Lipinski definition) is 6. The Kier molecular flexibility index (Phi) is 5.51. The Morgan fingerprint density at radius 1 is 0.969 bits per heavy atom. The molecule has 164 valence electrons. The molecule has 0 radical (unpaired) electrons. The summed E-state index contributed by atoms with van der Waals surface area (Å²) < 4.78 is 0. The first kappa shape index (κ1) is 20.5. The minimum Gasteiger partial charge on any atom is -0.508 e. The zero-order valence-corrected chi connectivity index (χ0v) is 18.5. The van der Waals surface area contributed by atoms with Gasteiger partial charge in [0.05, 0.1) is 11.1 Å². The van der Waals surface area contributed by atoms with Gasteiger partial charge in [0, 0.05) is 50.7 Å². The summed E-state index contributed by atoms with van der Waals surface area (Å²) >= 11 is 0. The molecular formula is C25H28N6O. The van der Waals surface area contributed by atoms with Crippen molar-refractivity contribution in [2.45, 2.75) is 13.5 Å². The molecule has 7 heteroatoms. The van der Waals surface area contributed by atoms with Crippen molar-refractivity contribution in [2.75, 3.05) is 38.1 Å². The average molecular weight is 429 g/mol. The van der Waals surface area contributed by atoms with E-state index in [1.54, 1.807) is 12.4 Å². The molecule has 1 aliphatic rings. The maximum absolute atomic E-state index is 10.4. The Labute approximate surface area is 187 Å². The van der Waals surface area contributed by atoms with Crippen LogP contribution in [0.15, 0.2) is 61.1 Å². The normalized spacial score (nSPS) is 15.3. The summed E-state index contributed by atoms with van der Waals surface area (Å²) in [6.45, 7) is 7.27. The van der Waals surface area contributed by atoms with Crippen molar-refractivity contribution >= 4 is 28.2 Å². The van der Waals surface area contributed by atoms with Gasteiger partial charge in [0.25, 0.3) is 0 Å². The number of aryl methyl sites for hydroxylation is 1. The second kappa shape index (κ2) is 8.61. The number of aromatic hydroxyl groups is 1. The van der Waals surface area contributed by atoms with Crippen LogP contribution < -0.4 is 4.90 Å². The van der Waals surface area contributed by atoms with Crippen LogP contribution in [0.25, 0.3) is 11.0 Å². The van der Waals surface area contributed by atoms with Crippen molar-refractivity contribution < 1.29 is 5.11 Å². The van der Waals surface area contributed by atoms with Crippen LogP contribution in [0.4, 0.5) is 17.2 Å². The lowest BCUT2D eigenvalue weighted by Crippen LogP contribution is -2.43. The van der Waals surface area contributed by atoms with Crippen molar-refractivity contribution in [3.05, 3.63) is 72.2 Å². The summed E-state index contributed by atoms with van der Waals surface area (Å²) in [5.41, 5.74) is 4.74. The molecule has 32 heavy (non-hydrogen) atoms. The molecule has 0 atom stereocenters. The number of phenolic OH excluding ortho intramolecular Hbond substituents is 1. The minimum atomic E-state index is 0.263. The molecule has 0 amide bonds. The highest BCUT2D eigenvalue weighted by molar-refractivity contribution is 5.93. The number of hydrogen-bond donors (Lipinski definition) is 2. The van der Waals surface area contributed by atoms with Crippen molar-refractivity contribution in [2.24, 2.45) is 0 Å². The number of aromatic nitrogens is 3. The molecule has 4 aromatic rings. The second-order valence-corrected chi connectivity index (χ2v) is 8.49. The molecule has 3 heterocycles. The fourth-order valence-electron chi connectivity index (χ4n) is 4.18. The van der Waals surface area contributed by atoms with E-state index in [4.69, 9.17) is 0 Å². The third-order valence-corrected chi connectivity index (χ3v) is 6.19. The van der Waals surface area contributed by atoms with Crippen molar-refractivity contribution in [3.8, 4) is 5.75 Å². The fraction of sp³-hybridized carbons (Fsp3) is 0.280. The first-order valence-electron chi connectivity index (χ1n) is 11.0. The van der Waals surface area contributed by atoms with E-state index in [-0.39, 0.29) is 5.75 Å². The number of fused-ring (bicyclic) bond motifs is 1. The topological polar surface area (TPSA) is 71.5 Å². The predicted molar refractivity (Wildman–Crippen MR) is 128 cm³/mol. The summed E-state index contributed by atoms with van der Waals surface area (Å²) in [5.74, 6) is 1.03. The van der Waals surface area contributed by atoms with Gasteiger partial charge in [0.2, 0.25) is 0 Å². The molecule has 1 aliphatic heterocycles. The molecule has 1 saturated heterocycles. The quantitative estimate of drug-likeness (QED) is 0.497. The molecule has 2 aromatic carbocycles. The molecule has 2 aromatic heterocycles. The van der Waals surface area contributed by atoms with Gasteiger partial charge in [-0.15, -0.1) is 0 Å². The Bertz CT molecular complexity index is 1210. The van der Waals surface area contributed by atoms with Crippen LogP contribution in [0.1, 0.15) is 11.1 Å². The number of H-pyrrole nitrogens is 1. The van der Waals surface area contributed by atoms with Gasteiger partial charge in [-0.25, -0.2) is 9.97 Å². The first-order valence-corrected chi connectivity index (χ1v) is 11.0. The third-order valence-electron chi connectivity index (χ3n) is 6.19. The molecule has 0 saturated carbocycles. The summed E-state index contributed by atoms with van der Waals surface area (Å²) in [4.78, 5) is 19.0. The van der Waals surface area contributed by atoms with E-state index < -0.39 is 0 Å². The van der Waals surface area contributed by atoms with Gasteiger partial charge in [-0.2, -0.15) is 0 Å². The number of piperazine rings is 1. The number of nitrogens with one attached hydrogen (secondary N) is 1. The standard InChI is InChI=1S/C25H28N6O/c1-18-3-6-21(15-23(18)32)31(25-22-9-10-26-24(22)27-17-28-25)20-7-4-19(5-8-20)16-30-13-11-29(2)12-14-30/h3-10,15,17,32H,11-14,16H2,1-2H3,(H,26,27,28). The summed E-state index contributed by atoms with van der Waals surface area (Å²) in [7, 11) is 2.18. The van der Waals surface area contributed by atoms with Crippen LogP contribution in [0.5, 0.6) is 5.75 Å². The monoisotopic (exact) mass is 428 g/mol. The molecule has 0 bridgehead atoms. The fourth-order valence-corrected chi connectivity index (χ4v) is 4.18. The minimum absolute atomic E-state index is 0.263. The number of benzene rings is 2. The van der Waals surface area contributed by atoms with Gasteiger partial charge in [-0.3, -0.25) is 9.80 Å². The van der Waals surface area contributed by atoms with Gasteiger partial charge < -0.3 is 15.0 Å². The number of phenols is 1. The molecule has 2 N–H and O–H groups in total. The summed E-state index contributed by atoms with van der Waals surface area (Å²) in [5, 5.41) is 11.3. The van der Waals surface area contributed by atoms with Gasteiger partial charge in [-0.1, -0.05) is 18.2 Å². The second-order valence-electron chi connectivity index (χ2n) is 8.49. The maximum atomic E-state index is 10.4. The van der Waals surface area contributed by atoms with E-state index in [9.17, 15) is 5.11 Å². The first-order chi connectivity index (χ1) is 15.6. The van der Waals surface area contributed by atoms with Crippen LogP contribution in [0.2, 0.25) is 0 Å². The highest BCUT2D eigenvalue weighted by Crippen LogP contribution is 2.38. The van der Waals surface area contributed by atoms with Crippen LogP contribution in [0, 0.1) is 6.92 Å². The van der Waals surface area contributed by atoms with Crippen molar-refractivity contribution in [1.29, 1.82) is 0 Å². The van der Waals surface area contributed by atoms with Crippen LogP contribution in [0.3, 0.4) is 0 Å². The third kappa shape index (κ3) is 4.04. The lowest BCUT2D eigenvalue weighted by atomic mass is 10.1. The predicted octanol–water partition coefficient (Wildman–Crippen LogP) is 4.19. The molecule has 5 rings (SSSR count). The van der Waals surface area contributed by atoms with E-state index in [0.717, 1.165) is 66.5 Å². The SMILES string of the molecule is Cc1ccc(N(c2ccc(CN3CCN(C)CC3)cc2)c2ncnc3[nH]ccc23)cc1O. The van der Waals surface area contributed by atoms with Crippen LogP contribution in [-0.2, 0) is 6.54 Å². The molecule has 0 aliphatic carbocycles. The van der Waals surface area contributed by atoms with E-state index in [1.807, 2.05) is 31.3 Å². The summed E-state index contributed by atoms with van der Waals surface area (Å²) in [6, 6.07) is 16.3. The molecule has 0 unspecified atom stereocenters. The number of anilines is 3. The van der Waals surface area contributed by atoms with Gasteiger partial charge in [0.15, 0.2) is 5.82 Å². The Morgan fingerprint density at radius 2 is 1.72 bits per heavy atom. The lowest BCUT2D eigenvalue weighted by Gasteiger charge is -2.32. The molecule has 7 nitrogen and oxygen atoms in total. The number of likely N-dealkylation sites (N-methyl/N-ethyl adjacent to an activating group) is 1. The highest BCUT2D eigenvalue weighted by atomic mass is 16.3. The Balaban J connectivity index is 1.50.